The van der Waals surface area contributed by atoms with E-state index in [-0.39, 0.29) is 6.54 Å². The van der Waals surface area contributed by atoms with Crippen LogP contribution in [0.3, 0.4) is 0 Å². The maximum atomic E-state index is 12.9. The van der Waals surface area contributed by atoms with E-state index in [0.717, 1.165) is 16.8 Å². The topological polar surface area (TPSA) is 85.6 Å². The third-order valence-electron chi connectivity index (χ3n) is 5.02. The minimum atomic E-state index is -0.434. The average molecular weight is 453 g/mol. The molecule has 2 heterocycles. The van der Waals surface area contributed by atoms with Crippen molar-refractivity contribution in [2.24, 2.45) is 0 Å². The summed E-state index contributed by atoms with van der Waals surface area (Å²) in [5.41, 5.74) is 4.61. The number of aromatic nitrogens is 5. The van der Waals surface area contributed by atoms with E-state index in [4.69, 9.17) is 0 Å². The van der Waals surface area contributed by atoms with Crippen molar-refractivity contribution in [3.8, 4) is 22.5 Å². The molecule has 0 amide bonds. The largest absolute Gasteiger partial charge is 0.364 e. The molecule has 0 aliphatic heterocycles. The Bertz CT molecular complexity index is 1430. The van der Waals surface area contributed by atoms with Crippen LogP contribution in [0.4, 0.5) is 10.8 Å². The molecule has 3 aromatic carbocycles. The third kappa shape index (κ3) is 4.70. The Hall–Kier alpha value is -4.17. The number of hydrogen-bond donors (Lipinski definition) is 1. The maximum Gasteiger partial charge on any atom is 0.364 e. The normalized spacial score (nSPS) is 10.8. The van der Waals surface area contributed by atoms with Gasteiger partial charge in [0.25, 0.3) is 0 Å². The highest BCUT2D eigenvalue weighted by atomic mass is 32.1. The second kappa shape index (κ2) is 9.13. The quantitative estimate of drug-likeness (QED) is 0.393. The van der Waals surface area contributed by atoms with E-state index in [9.17, 15) is 4.79 Å². The van der Waals surface area contributed by atoms with Gasteiger partial charge in [-0.1, -0.05) is 89.7 Å². The fraction of sp³-hybridized carbons (Fsp3) is 0.0800. The minimum absolute atomic E-state index is 0.188. The highest BCUT2D eigenvalue weighted by Crippen LogP contribution is 2.27. The Balaban J connectivity index is 1.47. The van der Waals surface area contributed by atoms with Crippen LogP contribution >= 0.6 is 11.3 Å². The Kier molecular flexibility index (Phi) is 5.73. The van der Waals surface area contributed by atoms with Gasteiger partial charge in [0.2, 0.25) is 5.13 Å². The van der Waals surface area contributed by atoms with Gasteiger partial charge in [-0.15, -0.1) is 10.2 Å². The van der Waals surface area contributed by atoms with Crippen molar-refractivity contribution in [2.45, 2.75) is 13.5 Å². The van der Waals surface area contributed by atoms with Crippen LogP contribution in [0.5, 0.6) is 0 Å². The molecule has 0 saturated heterocycles. The van der Waals surface area contributed by atoms with Crippen molar-refractivity contribution in [3.63, 3.8) is 0 Å². The van der Waals surface area contributed by atoms with Crippen molar-refractivity contribution in [2.75, 3.05) is 5.32 Å². The molecule has 33 heavy (non-hydrogen) atoms. The zero-order valence-corrected chi connectivity index (χ0v) is 18.7. The van der Waals surface area contributed by atoms with E-state index in [1.165, 1.54) is 21.6 Å². The highest BCUT2D eigenvalue weighted by molar-refractivity contribution is 7.15. The van der Waals surface area contributed by atoms with Gasteiger partial charge in [0, 0.05) is 16.8 Å². The lowest BCUT2D eigenvalue weighted by molar-refractivity contribution is 0.614. The average Bonchev–Trinajstić information content (AvgIpc) is 3.29. The summed E-state index contributed by atoms with van der Waals surface area (Å²) < 4.78 is 1.34. The molecule has 0 bridgehead atoms. The molecule has 0 spiro atoms. The minimum Gasteiger partial charge on any atom is -0.330 e. The number of hydrogen-bond acceptors (Lipinski definition) is 7. The number of anilines is 2. The first-order chi connectivity index (χ1) is 16.2. The molecule has 0 aliphatic carbocycles. The van der Waals surface area contributed by atoms with Crippen molar-refractivity contribution >= 4 is 22.2 Å². The molecule has 8 heteroatoms. The molecule has 0 aliphatic rings. The summed E-state index contributed by atoms with van der Waals surface area (Å²) in [6.45, 7) is 2.23. The number of nitrogens with zero attached hydrogens (tertiary/aromatic N) is 5. The summed E-state index contributed by atoms with van der Waals surface area (Å²) in [7, 11) is 0. The maximum absolute atomic E-state index is 12.9. The second-order valence-electron chi connectivity index (χ2n) is 7.47. The van der Waals surface area contributed by atoms with Crippen LogP contribution in [0.1, 0.15) is 10.6 Å². The van der Waals surface area contributed by atoms with Gasteiger partial charge < -0.3 is 5.32 Å². The predicted octanol–water partition coefficient (Wildman–Crippen LogP) is 4.92. The summed E-state index contributed by atoms with van der Waals surface area (Å²) in [6, 6.07) is 27.4. The number of rotatable bonds is 6. The summed E-state index contributed by atoms with van der Waals surface area (Å²) in [4.78, 5) is 17.2. The smallest absolute Gasteiger partial charge is 0.330 e. The number of benzene rings is 3. The van der Waals surface area contributed by atoms with Crippen molar-refractivity contribution in [1.29, 1.82) is 0 Å². The Morgan fingerprint density at radius 3 is 2.12 bits per heavy atom. The number of nitrogens with one attached hydrogen (secondary N) is 1. The standard InChI is InChI=1S/C25H20N6OS/c1-17-12-14-20(15-13-17)26-24-29-28-21(33-24)16-31-25(32)27-22(18-8-4-2-5-9-18)23(30-31)19-10-6-3-7-11-19/h2-15H,16H2,1H3,(H,26,29). The molecule has 7 nitrogen and oxygen atoms in total. The first kappa shape index (κ1) is 20.7. The highest BCUT2D eigenvalue weighted by Gasteiger charge is 2.16. The van der Waals surface area contributed by atoms with Crippen LogP contribution in [0, 0.1) is 6.92 Å². The van der Waals surface area contributed by atoms with Crippen LogP contribution in [0.2, 0.25) is 0 Å². The molecule has 5 aromatic rings. The van der Waals surface area contributed by atoms with E-state index in [1.807, 2.05) is 91.9 Å². The lowest BCUT2D eigenvalue weighted by Gasteiger charge is -2.10. The van der Waals surface area contributed by atoms with Gasteiger partial charge >= 0.3 is 5.69 Å². The van der Waals surface area contributed by atoms with Gasteiger partial charge in [-0.2, -0.15) is 10.1 Å². The molecular formula is C25H20N6OS. The molecule has 0 saturated carbocycles. The molecule has 0 atom stereocenters. The summed E-state index contributed by atoms with van der Waals surface area (Å²) in [5.74, 6) is 0. The van der Waals surface area contributed by atoms with Crippen molar-refractivity contribution in [3.05, 3.63) is 106 Å². The van der Waals surface area contributed by atoms with E-state index in [0.29, 0.717) is 21.5 Å². The van der Waals surface area contributed by atoms with Gasteiger partial charge in [-0.3, -0.25) is 0 Å². The second-order valence-corrected chi connectivity index (χ2v) is 8.54. The van der Waals surface area contributed by atoms with Crippen LogP contribution in [0.25, 0.3) is 22.5 Å². The van der Waals surface area contributed by atoms with Crippen LogP contribution in [-0.4, -0.2) is 25.0 Å². The summed E-state index contributed by atoms with van der Waals surface area (Å²) >= 11 is 1.38. The monoisotopic (exact) mass is 452 g/mol. The molecule has 5 rings (SSSR count). The predicted molar refractivity (Wildman–Crippen MR) is 131 cm³/mol. The molecule has 0 fully saturated rings. The van der Waals surface area contributed by atoms with Crippen LogP contribution in [-0.2, 0) is 6.54 Å². The van der Waals surface area contributed by atoms with Crippen molar-refractivity contribution < 1.29 is 0 Å². The molecule has 0 unspecified atom stereocenters. The Morgan fingerprint density at radius 1 is 0.818 bits per heavy atom. The Morgan fingerprint density at radius 2 is 1.45 bits per heavy atom. The van der Waals surface area contributed by atoms with Crippen LogP contribution < -0.4 is 11.0 Å². The van der Waals surface area contributed by atoms with Gasteiger partial charge in [0.15, 0.2) is 0 Å². The van der Waals surface area contributed by atoms with E-state index in [1.54, 1.807) is 0 Å². The van der Waals surface area contributed by atoms with E-state index < -0.39 is 5.69 Å². The lowest BCUT2D eigenvalue weighted by Crippen LogP contribution is -2.27. The molecular weight excluding hydrogens is 432 g/mol. The van der Waals surface area contributed by atoms with Gasteiger partial charge in [0.1, 0.15) is 22.9 Å². The van der Waals surface area contributed by atoms with Crippen LogP contribution in [0.15, 0.2) is 89.7 Å². The molecule has 162 valence electrons. The first-order valence-corrected chi connectivity index (χ1v) is 11.2. The summed E-state index contributed by atoms with van der Waals surface area (Å²) in [5, 5.41) is 17.7. The number of aryl methyl sites for hydroxylation is 1. The first-order valence-electron chi connectivity index (χ1n) is 10.4. The fourth-order valence-corrected chi connectivity index (χ4v) is 4.11. The fourth-order valence-electron chi connectivity index (χ4n) is 3.36. The van der Waals surface area contributed by atoms with Gasteiger partial charge in [-0.05, 0) is 19.1 Å². The van der Waals surface area contributed by atoms with E-state index >= 15 is 0 Å². The van der Waals surface area contributed by atoms with Gasteiger partial charge in [0.05, 0.1) is 0 Å². The van der Waals surface area contributed by atoms with Crippen molar-refractivity contribution in [1.82, 2.24) is 25.0 Å². The Labute approximate surface area is 194 Å². The van der Waals surface area contributed by atoms with E-state index in [2.05, 4.69) is 25.6 Å². The zero-order valence-electron chi connectivity index (χ0n) is 17.8. The SMILES string of the molecule is Cc1ccc(Nc2nnc(Cn3nc(-c4ccccc4)c(-c4ccccc4)nc3=O)s2)cc1. The molecule has 2 aromatic heterocycles. The van der Waals surface area contributed by atoms with Gasteiger partial charge in [-0.25, -0.2) is 9.48 Å². The summed E-state index contributed by atoms with van der Waals surface area (Å²) in [6.07, 6.45) is 0. The molecule has 0 radical (unpaired) electrons. The molecule has 1 N–H and O–H groups in total. The lowest BCUT2D eigenvalue weighted by atomic mass is 10.0. The third-order valence-corrected chi connectivity index (χ3v) is 5.85. The zero-order chi connectivity index (χ0) is 22.6.